The summed E-state index contributed by atoms with van der Waals surface area (Å²) in [5.41, 5.74) is 2.23. The van der Waals surface area contributed by atoms with Gasteiger partial charge in [-0.2, -0.15) is 0 Å². The Morgan fingerprint density at radius 2 is 1.73 bits per heavy atom. The Balaban J connectivity index is 2.23. The molecule has 1 aliphatic rings. The van der Waals surface area contributed by atoms with Crippen molar-refractivity contribution in [3.05, 3.63) is 77.7 Å². The quantitative estimate of drug-likeness (QED) is 0.761. The van der Waals surface area contributed by atoms with Crippen molar-refractivity contribution in [1.82, 2.24) is 0 Å². The number of carbonyl (C=O) groups is 1. The Kier molecular flexibility index (Phi) is 3.98. The van der Waals surface area contributed by atoms with E-state index in [1.807, 2.05) is 54.6 Å². The molecular formula is C18H13ClO3. The van der Waals surface area contributed by atoms with E-state index in [2.05, 4.69) is 0 Å². The summed E-state index contributed by atoms with van der Waals surface area (Å²) in [5.74, 6) is 0.474. The Hall–Kier alpha value is -2.52. The van der Waals surface area contributed by atoms with Crippen LogP contribution in [0.4, 0.5) is 0 Å². The van der Waals surface area contributed by atoms with Crippen LogP contribution in [-0.4, -0.2) is 5.97 Å². The second kappa shape index (κ2) is 6.08. The Bertz CT molecular complexity index is 776. The smallest absolute Gasteiger partial charge is 0.308 e. The van der Waals surface area contributed by atoms with Crippen LogP contribution in [0.1, 0.15) is 18.1 Å². The highest BCUT2D eigenvalue weighted by molar-refractivity contribution is 6.53. The van der Waals surface area contributed by atoms with Gasteiger partial charge in [0.1, 0.15) is 12.0 Å². The fourth-order valence-corrected chi connectivity index (χ4v) is 2.63. The number of hydrogen-bond donors (Lipinski definition) is 0. The number of benzene rings is 2. The summed E-state index contributed by atoms with van der Waals surface area (Å²) in [7, 11) is 0. The molecule has 0 aromatic heterocycles. The number of hydrogen-bond acceptors (Lipinski definition) is 3. The minimum Gasteiger partial charge on any atom is -0.460 e. The van der Waals surface area contributed by atoms with E-state index >= 15 is 0 Å². The van der Waals surface area contributed by atoms with E-state index in [9.17, 15) is 4.79 Å². The molecule has 22 heavy (non-hydrogen) atoms. The average molecular weight is 313 g/mol. The van der Waals surface area contributed by atoms with Crippen molar-refractivity contribution in [3.8, 4) is 5.75 Å². The maximum atomic E-state index is 11.4. The predicted molar refractivity (Wildman–Crippen MR) is 86.0 cm³/mol. The molecule has 0 amide bonds. The van der Waals surface area contributed by atoms with Gasteiger partial charge < -0.3 is 9.47 Å². The zero-order chi connectivity index (χ0) is 15.5. The number of carbonyl (C=O) groups excluding carboxylic acids is 1. The summed E-state index contributed by atoms with van der Waals surface area (Å²) in [4.78, 5) is 11.4. The van der Waals surface area contributed by atoms with Crippen LogP contribution in [0.25, 0.3) is 10.6 Å². The third kappa shape index (κ3) is 2.76. The van der Waals surface area contributed by atoms with Crippen molar-refractivity contribution >= 4 is 28.2 Å². The molecule has 0 aliphatic carbocycles. The van der Waals surface area contributed by atoms with Gasteiger partial charge in [-0.1, -0.05) is 54.1 Å². The van der Waals surface area contributed by atoms with Crippen molar-refractivity contribution in [3.63, 3.8) is 0 Å². The lowest BCUT2D eigenvalue weighted by Crippen LogP contribution is -2.02. The summed E-state index contributed by atoms with van der Waals surface area (Å²) in [5, 5.41) is 0.479. The number of esters is 1. The van der Waals surface area contributed by atoms with Crippen molar-refractivity contribution in [1.29, 1.82) is 0 Å². The van der Waals surface area contributed by atoms with Crippen molar-refractivity contribution in [2.24, 2.45) is 0 Å². The molecule has 0 spiro atoms. The molecule has 0 atom stereocenters. The van der Waals surface area contributed by atoms with Crippen LogP contribution in [-0.2, 0) is 9.53 Å². The first-order chi connectivity index (χ1) is 10.7. The molecule has 0 bridgehead atoms. The molecule has 3 nitrogen and oxygen atoms in total. The highest BCUT2D eigenvalue weighted by atomic mass is 35.5. The predicted octanol–water partition coefficient (Wildman–Crippen LogP) is 4.59. The summed E-state index contributed by atoms with van der Waals surface area (Å²) >= 11 is 6.60. The molecular weight excluding hydrogens is 300 g/mol. The van der Waals surface area contributed by atoms with E-state index in [0.717, 1.165) is 11.1 Å². The highest BCUT2D eigenvalue weighted by Gasteiger charge is 2.23. The van der Waals surface area contributed by atoms with Gasteiger partial charge in [0.15, 0.2) is 5.76 Å². The van der Waals surface area contributed by atoms with Crippen LogP contribution in [0.15, 0.2) is 66.6 Å². The van der Waals surface area contributed by atoms with Gasteiger partial charge >= 0.3 is 5.97 Å². The molecule has 0 saturated carbocycles. The third-order valence-corrected chi connectivity index (χ3v) is 3.59. The minimum absolute atomic E-state index is 0.292. The summed E-state index contributed by atoms with van der Waals surface area (Å²) in [6, 6.07) is 16.9. The molecule has 0 radical (unpaired) electrons. The number of halogens is 1. The van der Waals surface area contributed by atoms with Crippen molar-refractivity contribution in [2.75, 3.05) is 0 Å². The van der Waals surface area contributed by atoms with Gasteiger partial charge in [-0.3, -0.25) is 4.79 Å². The first-order valence-corrected chi connectivity index (χ1v) is 7.15. The van der Waals surface area contributed by atoms with E-state index in [0.29, 0.717) is 22.1 Å². The Morgan fingerprint density at radius 3 is 2.45 bits per heavy atom. The maximum Gasteiger partial charge on any atom is 0.308 e. The molecule has 2 aromatic carbocycles. The van der Waals surface area contributed by atoms with E-state index in [1.54, 1.807) is 0 Å². The van der Waals surface area contributed by atoms with E-state index in [1.165, 1.54) is 13.2 Å². The van der Waals surface area contributed by atoms with Crippen molar-refractivity contribution < 1.29 is 14.3 Å². The van der Waals surface area contributed by atoms with E-state index in [4.69, 9.17) is 21.1 Å². The third-order valence-electron chi connectivity index (χ3n) is 3.20. The molecule has 0 N–H and O–H groups in total. The normalized spacial score (nSPS) is 13.6. The van der Waals surface area contributed by atoms with Gasteiger partial charge in [0, 0.05) is 18.1 Å². The number of para-hydroxylation sites is 1. The fraction of sp³-hybridized carbons (Fsp3) is 0.0556. The molecule has 1 aliphatic heterocycles. The molecule has 3 rings (SSSR count). The van der Waals surface area contributed by atoms with Crippen molar-refractivity contribution in [2.45, 2.75) is 6.92 Å². The van der Waals surface area contributed by atoms with Crippen LogP contribution < -0.4 is 4.74 Å². The monoisotopic (exact) mass is 312 g/mol. The standard InChI is InChI=1S/C18H13ClO3/c1-12(20)22-16-11-21-15-10-6-5-9-14(15)18(19)17(16)13-7-3-2-4-8-13/h2-11H,1H3. The molecule has 4 heteroatoms. The van der Waals surface area contributed by atoms with Gasteiger partial charge in [-0.15, -0.1) is 0 Å². The first-order valence-electron chi connectivity index (χ1n) is 6.77. The number of ether oxygens (including phenoxy) is 2. The topological polar surface area (TPSA) is 35.5 Å². The number of allylic oxidation sites excluding steroid dienone is 1. The van der Waals surface area contributed by atoms with Crippen LogP contribution >= 0.6 is 11.6 Å². The van der Waals surface area contributed by atoms with Crippen LogP contribution in [0.2, 0.25) is 0 Å². The van der Waals surface area contributed by atoms with Gasteiger partial charge in [0.2, 0.25) is 0 Å². The molecule has 2 aromatic rings. The second-order valence-electron chi connectivity index (χ2n) is 4.74. The van der Waals surface area contributed by atoms with Crippen LogP contribution in [0.3, 0.4) is 0 Å². The minimum atomic E-state index is -0.432. The molecule has 0 fully saturated rings. The molecule has 110 valence electrons. The van der Waals surface area contributed by atoms with E-state index in [-0.39, 0.29) is 0 Å². The lowest BCUT2D eigenvalue weighted by atomic mass is 10.0. The lowest BCUT2D eigenvalue weighted by Gasteiger charge is -2.12. The molecule has 0 unspecified atom stereocenters. The highest BCUT2D eigenvalue weighted by Crippen LogP contribution is 2.41. The average Bonchev–Trinajstić information content (AvgIpc) is 2.66. The Morgan fingerprint density at radius 1 is 1.05 bits per heavy atom. The zero-order valence-electron chi connectivity index (χ0n) is 11.9. The Labute approximate surface area is 133 Å². The zero-order valence-corrected chi connectivity index (χ0v) is 12.6. The fourth-order valence-electron chi connectivity index (χ4n) is 2.27. The van der Waals surface area contributed by atoms with Gasteiger partial charge in [0.25, 0.3) is 0 Å². The first kappa shape index (κ1) is 14.4. The number of rotatable bonds is 2. The van der Waals surface area contributed by atoms with E-state index < -0.39 is 5.97 Å². The van der Waals surface area contributed by atoms with Gasteiger partial charge in [-0.25, -0.2) is 0 Å². The summed E-state index contributed by atoms with van der Waals surface area (Å²) in [6.07, 6.45) is 1.41. The second-order valence-corrected chi connectivity index (χ2v) is 5.12. The summed E-state index contributed by atoms with van der Waals surface area (Å²) in [6.45, 7) is 1.34. The molecule has 1 heterocycles. The summed E-state index contributed by atoms with van der Waals surface area (Å²) < 4.78 is 10.9. The van der Waals surface area contributed by atoms with Gasteiger partial charge in [0.05, 0.1) is 5.03 Å². The lowest BCUT2D eigenvalue weighted by molar-refractivity contribution is -0.136. The van der Waals surface area contributed by atoms with Gasteiger partial charge in [-0.05, 0) is 17.7 Å². The maximum absolute atomic E-state index is 11.4. The molecule has 0 saturated heterocycles. The largest absolute Gasteiger partial charge is 0.460 e. The van der Waals surface area contributed by atoms with Crippen LogP contribution in [0, 0.1) is 0 Å². The van der Waals surface area contributed by atoms with Crippen LogP contribution in [0.5, 0.6) is 5.75 Å². The number of fused-ring (bicyclic) bond motifs is 1. The SMILES string of the molecule is CC(=O)OC1=COc2ccccc2C(Cl)=C1c1ccccc1.